The molecule has 78 valence electrons. The number of urea groups is 1. The van der Waals surface area contributed by atoms with Gasteiger partial charge in [0.15, 0.2) is 5.84 Å². The molecule has 0 bridgehead atoms. The van der Waals surface area contributed by atoms with Crippen LogP contribution in [0.2, 0.25) is 0 Å². The summed E-state index contributed by atoms with van der Waals surface area (Å²) in [5.41, 5.74) is 6.03. The van der Waals surface area contributed by atoms with Crippen LogP contribution >= 0.6 is 0 Å². The number of nitrogens with zero attached hydrogens (tertiary/aromatic N) is 2. The molecule has 0 saturated heterocycles. The molecular weight excluding hydrogens is 178 g/mol. The molecule has 0 spiro atoms. The fraction of sp³-hybridized carbons (Fsp3) is 0.600. The van der Waals surface area contributed by atoms with Crippen molar-refractivity contribution >= 4 is 11.9 Å². The Balaban J connectivity index is 2.33. The van der Waals surface area contributed by atoms with E-state index in [2.05, 4.69) is 18.5 Å². The molecule has 2 amide bonds. The average molecular weight is 195 g/mol. The van der Waals surface area contributed by atoms with Crippen LogP contribution in [-0.2, 0) is 0 Å². The van der Waals surface area contributed by atoms with Gasteiger partial charge in [0, 0.05) is 6.54 Å². The molecule has 0 aromatic carbocycles. The molecule has 4 nitrogen and oxygen atoms in total. The van der Waals surface area contributed by atoms with E-state index in [4.69, 9.17) is 5.73 Å². The maximum atomic E-state index is 11.3. The first-order valence-corrected chi connectivity index (χ1v) is 5.01. The smallest absolute Gasteiger partial charge is 0.350 e. The highest BCUT2D eigenvalue weighted by atomic mass is 16.2. The number of carbonyl (C=O) groups excluding carboxylic acids is 1. The first-order valence-electron chi connectivity index (χ1n) is 5.01. The van der Waals surface area contributed by atoms with Crippen molar-refractivity contribution in [1.82, 2.24) is 4.90 Å². The SMILES string of the molecule is C=C1C(N)=NC(=O)N1CCCCCC. The number of hydrogen-bond donors (Lipinski definition) is 1. The molecule has 0 aromatic rings. The average Bonchev–Trinajstić information content (AvgIpc) is 2.38. The third-order valence-corrected chi connectivity index (χ3v) is 2.30. The van der Waals surface area contributed by atoms with E-state index in [0.29, 0.717) is 12.2 Å². The summed E-state index contributed by atoms with van der Waals surface area (Å²) in [7, 11) is 0. The largest absolute Gasteiger partial charge is 0.382 e. The predicted molar refractivity (Wildman–Crippen MR) is 57.0 cm³/mol. The van der Waals surface area contributed by atoms with Crippen molar-refractivity contribution < 1.29 is 4.79 Å². The summed E-state index contributed by atoms with van der Waals surface area (Å²) in [5.74, 6) is 0.255. The van der Waals surface area contributed by atoms with Gasteiger partial charge in [-0.3, -0.25) is 4.90 Å². The van der Waals surface area contributed by atoms with E-state index < -0.39 is 0 Å². The topological polar surface area (TPSA) is 58.7 Å². The number of carbonyl (C=O) groups is 1. The minimum atomic E-state index is -0.274. The lowest BCUT2D eigenvalue weighted by Gasteiger charge is -2.15. The van der Waals surface area contributed by atoms with Gasteiger partial charge in [-0.25, -0.2) is 4.79 Å². The lowest BCUT2D eigenvalue weighted by molar-refractivity contribution is 0.225. The summed E-state index contributed by atoms with van der Waals surface area (Å²) in [6.45, 7) is 6.55. The summed E-state index contributed by atoms with van der Waals surface area (Å²) < 4.78 is 0. The van der Waals surface area contributed by atoms with Crippen molar-refractivity contribution in [2.45, 2.75) is 32.6 Å². The van der Waals surface area contributed by atoms with Crippen LogP contribution in [0.3, 0.4) is 0 Å². The molecule has 1 aliphatic heterocycles. The standard InChI is InChI=1S/C10H17N3O/c1-3-4-5-6-7-13-8(2)9(11)12-10(13)14/h2-7H2,1H3,(H2,11,12,14). The van der Waals surface area contributed by atoms with Crippen LogP contribution < -0.4 is 5.73 Å². The van der Waals surface area contributed by atoms with Gasteiger partial charge in [0.05, 0.1) is 5.70 Å². The lowest BCUT2D eigenvalue weighted by Crippen LogP contribution is -2.27. The normalized spacial score (nSPS) is 16.4. The Morgan fingerprint density at radius 1 is 1.43 bits per heavy atom. The molecule has 0 saturated carbocycles. The molecule has 0 atom stereocenters. The van der Waals surface area contributed by atoms with Gasteiger partial charge >= 0.3 is 6.03 Å². The predicted octanol–water partition coefficient (Wildman–Crippen LogP) is 1.87. The van der Waals surface area contributed by atoms with Crippen molar-refractivity contribution in [3.63, 3.8) is 0 Å². The van der Waals surface area contributed by atoms with Gasteiger partial charge in [0.25, 0.3) is 0 Å². The summed E-state index contributed by atoms with van der Waals surface area (Å²) in [6.07, 6.45) is 4.51. The third kappa shape index (κ3) is 2.34. The van der Waals surface area contributed by atoms with Crippen molar-refractivity contribution in [2.24, 2.45) is 10.7 Å². The van der Waals surface area contributed by atoms with Gasteiger partial charge in [0.2, 0.25) is 0 Å². The van der Waals surface area contributed by atoms with Gasteiger partial charge in [-0.2, -0.15) is 4.99 Å². The van der Waals surface area contributed by atoms with E-state index in [1.165, 1.54) is 12.8 Å². The van der Waals surface area contributed by atoms with Crippen molar-refractivity contribution in [3.8, 4) is 0 Å². The lowest BCUT2D eigenvalue weighted by atomic mass is 10.2. The maximum absolute atomic E-state index is 11.3. The van der Waals surface area contributed by atoms with E-state index in [1.807, 2.05) is 0 Å². The monoisotopic (exact) mass is 195 g/mol. The summed E-state index contributed by atoms with van der Waals surface area (Å²) in [5, 5.41) is 0. The van der Waals surface area contributed by atoms with Gasteiger partial charge in [-0.05, 0) is 6.42 Å². The second-order valence-corrected chi connectivity index (χ2v) is 3.44. The molecular formula is C10H17N3O. The Morgan fingerprint density at radius 2 is 2.14 bits per heavy atom. The maximum Gasteiger partial charge on any atom is 0.350 e. The number of amidine groups is 1. The zero-order chi connectivity index (χ0) is 10.6. The second kappa shape index (κ2) is 4.79. The quantitative estimate of drug-likeness (QED) is 0.681. The number of nitrogens with two attached hydrogens (primary N) is 1. The van der Waals surface area contributed by atoms with E-state index in [1.54, 1.807) is 4.90 Å². The molecule has 0 fully saturated rings. The highest BCUT2D eigenvalue weighted by Gasteiger charge is 2.24. The van der Waals surface area contributed by atoms with Crippen LogP contribution in [0.5, 0.6) is 0 Å². The third-order valence-electron chi connectivity index (χ3n) is 2.30. The van der Waals surface area contributed by atoms with Crippen LogP contribution in [0, 0.1) is 0 Å². The van der Waals surface area contributed by atoms with Crippen LogP contribution in [0.15, 0.2) is 17.3 Å². The second-order valence-electron chi connectivity index (χ2n) is 3.44. The summed E-state index contributed by atoms with van der Waals surface area (Å²) >= 11 is 0. The Hall–Kier alpha value is -1.32. The first-order chi connectivity index (χ1) is 6.66. The molecule has 14 heavy (non-hydrogen) atoms. The molecule has 4 heteroatoms. The highest BCUT2D eigenvalue weighted by Crippen LogP contribution is 2.14. The summed E-state index contributed by atoms with van der Waals surface area (Å²) in [4.78, 5) is 16.4. The molecule has 0 unspecified atom stereocenters. The number of rotatable bonds is 5. The number of aliphatic imine (C=N–C) groups is 1. The molecule has 2 N–H and O–H groups in total. The highest BCUT2D eigenvalue weighted by molar-refractivity contribution is 6.10. The number of hydrogen-bond acceptors (Lipinski definition) is 2. The van der Waals surface area contributed by atoms with E-state index in [-0.39, 0.29) is 11.9 Å². The fourth-order valence-electron chi connectivity index (χ4n) is 1.41. The molecule has 0 radical (unpaired) electrons. The van der Waals surface area contributed by atoms with Gasteiger partial charge in [0.1, 0.15) is 0 Å². The fourth-order valence-corrected chi connectivity index (χ4v) is 1.41. The van der Waals surface area contributed by atoms with E-state index in [9.17, 15) is 4.79 Å². The van der Waals surface area contributed by atoms with Crippen molar-refractivity contribution in [3.05, 3.63) is 12.3 Å². The minimum Gasteiger partial charge on any atom is -0.382 e. The van der Waals surface area contributed by atoms with Crippen LogP contribution in [0.1, 0.15) is 32.6 Å². The van der Waals surface area contributed by atoms with E-state index in [0.717, 1.165) is 12.8 Å². The van der Waals surface area contributed by atoms with E-state index >= 15 is 0 Å². The van der Waals surface area contributed by atoms with Crippen molar-refractivity contribution in [1.29, 1.82) is 0 Å². The molecule has 1 heterocycles. The van der Waals surface area contributed by atoms with Crippen LogP contribution in [0.4, 0.5) is 4.79 Å². The Kier molecular flexibility index (Phi) is 3.68. The van der Waals surface area contributed by atoms with Gasteiger partial charge < -0.3 is 5.73 Å². The zero-order valence-electron chi connectivity index (χ0n) is 8.62. The molecule has 0 aliphatic carbocycles. The zero-order valence-corrected chi connectivity index (χ0v) is 8.62. The van der Waals surface area contributed by atoms with Crippen molar-refractivity contribution in [2.75, 3.05) is 6.54 Å². The number of unbranched alkanes of at least 4 members (excludes halogenated alkanes) is 3. The number of amides is 2. The first kappa shape index (κ1) is 10.8. The molecule has 1 aliphatic rings. The Bertz CT molecular complexity index is 271. The Morgan fingerprint density at radius 3 is 2.64 bits per heavy atom. The summed E-state index contributed by atoms with van der Waals surface area (Å²) in [6, 6.07) is -0.274. The minimum absolute atomic E-state index is 0.255. The van der Waals surface area contributed by atoms with Gasteiger partial charge in [-0.1, -0.05) is 32.8 Å². The van der Waals surface area contributed by atoms with Crippen LogP contribution in [0.25, 0.3) is 0 Å². The van der Waals surface area contributed by atoms with Crippen LogP contribution in [-0.4, -0.2) is 23.3 Å². The van der Waals surface area contributed by atoms with Gasteiger partial charge in [-0.15, -0.1) is 0 Å². The Labute approximate surface area is 84.5 Å². The molecule has 0 aromatic heterocycles. The molecule has 1 rings (SSSR count).